The van der Waals surface area contributed by atoms with Crippen LogP contribution in [-0.2, 0) is 6.42 Å². The number of likely N-dealkylation sites (N-methyl/N-ethyl adjacent to an activating group) is 1. The summed E-state index contributed by atoms with van der Waals surface area (Å²) in [4.78, 5) is 0. The van der Waals surface area contributed by atoms with E-state index in [0.717, 1.165) is 6.07 Å². The predicted molar refractivity (Wildman–Crippen MR) is 44.0 cm³/mol. The zero-order valence-corrected chi connectivity index (χ0v) is 6.90. The highest BCUT2D eigenvalue weighted by atomic mass is 19.2. The van der Waals surface area contributed by atoms with Gasteiger partial charge in [-0.3, -0.25) is 0 Å². The lowest BCUT2D eigenvalue weighted by molar-refractivity contribution is 0.497. The Bertz CT molecular complexity index is 261. The number of benzene rings is 1. The highest BCUT2D eigenvalue weighted by molar-refractivity contribution is 5.19. The molecule has 0 aliphatic carbocycles. The minimum absolute atomic E-state index is 0.421. The maximum Gasteiger partial charge on any atom is 0.162 e. The first-order valence-corrected chi connectivity index (χ1v) is 3.83. The van der Waals surface area contributed by atoms with Crippen molar-refractivity contribution in [1.29, 1.82) is 0 Å². The molecule has 1 nitrogen and oxygen atoms in total. The Balaban J connectivity index is 2.78. The van der Waals surface area contributed by atoms with Gasteiger partial charge < -0.3 is 5.32 Å². The zero-order chi connectivity index (χ0) is 8.97. The summed E-state index contributed by atoms with van der Waals surface area (Å²) in [7, 11) is 1.78. The monoisotopic (exact) mass is 171 g/mol. The molecule has 12 heavy (non-hydrogen) atoms. The third-order valence-corrected chi connectivity index (χ3v) is 1.68. The van der Waals surface area contributed by atoms with E-state index in [1.165, 1.54) is 6.07 Å². The topological polar surface area (TPSA) is 12.0 Å². The Morgan fingerprint density at radius 1 is 1.33 bits per heavy atom. The van der Waals surface area contributed by atoms with Crippen LogP contribution in [0.4, 0.5) is 8.78 Å². The highest BCUT2D eigenvalue weighted by Crippen LogP contribution is 2.11. The van der Waals surface area contributed by atoms with Gasteiger partial charge in [0.15, 0.2) is 11.6 Å². The standard InChI is InChI=1S/C9H11F2N/c1-12-6-5-7-3-2-4-8(10)9(7)11/h2-4,12H,5-6H2,1H3. The molecule has 0 aliphatic heterocycles. The maximum atomic E-state index is 12.9. The van der Waals surface area contributed by atoms with E-state index >= 15 is 0 Å². The van der Waals surface area contributed by atoms with Gasteiger partial charge in [-0.15, -0.1) is 0 Å². The van der Waals surface area contributed by atoms with Crippen LogP contribution < -0.4 is 5.32 Å². The van der Waals surface area contributed by atoms with Crippen LogP contribution in [-0.4, -0.2) is 13.6 Å². The van der Waals surface area contributed by atoms with E-state index in [2.05, 4.69) is 5.32 Å². The fraction of sp³-hybridized carbons (Fsp3) is 0.333. The third-order valence-electron chi connectivity index (χ3n) is 1.68. The van der Waals surface area contributed by atoms with E-state index < -0.39 is 11.6 Å². The van der Waals surface area contributed by atoms with E-state index in [0.29, 0.717) is 18.5 Å². The van der Waals surface area contributed by atoms with Crippen LogP contribution in [0.3, 0.4) is 0 Å². The van der Waals surface area contributed by atoms with Crippen molar-refractivity contribution in [3.63, 3.8) is 0 Å². The molecule has 0 radical (unpaired) electrons. The number of nitrogens with one attached hydrogen (secondary N) is 1. The Morgan fingerprint density at radius 2 is 2.08 bits per heavy atom. The van der Waals surface area contributed by atoms with E-state index in [9.17, 15) is 8.78 Å². The van der Waals surface area contributed by atoms with Crippen LogP contribution >= 0.6 is 0 Å². The van der Waals surface area contributed by atoms with E-state index in [-0.39, 0.29) is 0 Å². The van der Waals surface area contributed by atoms with Gasteiger partial charge in [0.2, 0.25) is 0 Å². The molecule has 3 heteroatoms. The molecule has 1 rings (SSSR count). The smallest absolute Gasteiger partial charge is 0.162 e. The third kappa shape index (κ3) is 2.01. The number of rotatable bonds is 3. The van der Waals surface area contributed by atoms with Crippen LogP contribution in [0.2, 0.25) is 0 Å². The Morgan fingerprint density at radius 3 is 2.75 bits per heavy atom. The molecular weight excluding hydrogens is 160 g/mol. The van der Waals surface area contributed by atoms with Gasteiger partial charge in [0.1, 0.15) is 0 Å². The summed E-state index contributed by atoms with van der Waals surface area (Å²) >= 11 is 0. The summed E-state index contributed by atoms with van der Waals surface area (Å²) in [6, 6.07) is 4.23. The summed E-state index contributed by atoms with van der Waals surface area (Å²) in [6.45, 7) is 0.653. The van der Waals surface area contributed by atoms with Gasteiger partial charge >= 0.3 is 0 Å². The second kappa shape index (κ2) is 4.16. The fourth-order valence-electron chi connectivity index (χ4n) is 1.00. The molecular formula is C9H11F2N. The van der Waals surface area contributed by atoms with Crippen LogP contribution in [0.25, 0.3) is 0 Å². The summed E-state index contributed by atoms with van der Waals surface area (Å²) in [6.07, 6.45) is 0.514. The van der Waals surface area contributed by atoms with Gasteiger partial charge in [-0.1, -0.05) is 12.1 Å². The molecule has 1 aromatic rings. The van der Waals surface area contributed by atoms with E-state index in [1.54, 1.807) is 13.1 Å². The molecule has 1 N–H and O–H groups in total. The van der Waals surface area contributed by atoms with Gasteiger partial charge in [0.05, 0.1) is 0 Å². The van der Waals surface area contributed by atoms with E-state index in [4.69, 9.17) is 0 Å². The van der Waals surface area contributed by atoms with Crippen molar-refractivity contribution < 1.29 is 8.78 Å². The average molecular weight is 171 g/mol. The first-order valence-electron chi connectivity index (χ1n) is 3.83. The van der Waals surface area contributed by atoms with Crippen LogP contribution in [0, 0.1) is 11.6 Å². The summed E-state index contributed by atoms with van der Waals surface area (Å²) in [5.74, 6) is -1.50. The molecule has 0 amide bonds. The molecule has 1 aromatic carbocycles. The van der Waals surface area contributed by atoms with Crippen LogP contribution in [0.1, 0.15) is 5.56 Å². The Hall–Kier alpha value is -0.960. The van der Waals surface area contributed by atoms with E-state index in [1.807, 2.05) is 0 Å². The second-order valence-corrected chi connectivity index (χ2v) is 2.57. The van der Waals surface area contributed by atoms with Crippen LogP contribution in [0.15, 0.2) is 18.2 Å². The van der Waals surface area contributed by atoms with Gasteiger partial charge in [-0.2, -0.15) is 0 Å². The molecule has 0 unspecified atom stereocenters. The first kappa shape index (κ1) is 9.13. The minimum Gasteiger partial charge on any atom is -0.319 e. The molecule has 0 heterocycles. The van der Waals surface area contributed by atoms with Gasteiger partial charge in [-0.05, 0) is 31.6 Å². The summed E-state index contributed by atoms with van der Waals surface area (Å²) in [5.41, 5.74) is 0.421. The molecule has 0 saturated carbocycles. The molecule has 0 aliphatic rings. The minimum atomic E-state index is -0.774. The van der Waals surface area contributed by atoms with Crippen molar-refractivity contribution in [3.8, 4) is 0 Å². The molecule has 0 saturated heterocycles. The Labute approximate surface area is 70.4 Å². The highest BCUT2D eigenvalue weighted by Gasteiger charge is 2.05. The largest absolute Gasteiger partial charge is 0.319 e. The lowest BCUT2D eigenvalue weighted by Gasteiger charge is -2.02. The quantitative estimate of drug-likeness (QED) is 0.730. The number of hydrogen-bond acceptors (Lipinski definition) is 1. The lowest BCUT2D eigenvalue weighted by atomic mass is 10.1. The summed E-state index contributed by atoms with van der Waals surface area (Å²) < 4.78 is 25.5. The van der Waals surface area contributed by atoms with Crippen molar-refractivity contribution in [3.05, 3.63) is 35.4 Å². The summed E-state index contributed by atoms with van der Waals surface area (Å²) in [5, 5.41) is 2.87. The zero-order valence-electron chi connectivity index (χ0n) is 6.90. The molecule has 0 atom stereocenters. The fourth-order valence-corrected chi connectivity index (χ4v) is 1.00. The molecule has 0 aromatic heterocycles. The van der Waals surface area contributed by atoms with Gasteiger partial charge in [-0.25, -0.2) is 8.78 Å². The SMILES string of the molecule is CNCCc1cccc(F)c1F. The van der Waals surface area contributed by atoms with Crippen molar-refractivity contribution in [2.75, 3.05) is 13.6 Å². The molecule has 0 spiro atoms. The number of halogens is 2. The lowest BCUT2D eigenvalue weighted by Crippen LogP contribution is -2.11. The first-order chi connectivity index (χ1) is 5.75. The molecule has 0 fully saturated rings. The molecule has 66 valence electrons. The van der Waals surface area contributed by atoms with Crippen molar-refractivity contribution >= 4 is 0 Å². The van der Waals surface area contributed by atoms with Crippen molar-refractivity contribution in [1.82, 2.24) is 5.32 Å². The Kier molecular flexibility index (Phi) is 3.17. The predicted octanol–water partition coefficient (Wildman–Crippen LogP) is 1.73. The average Bonchev–Trinajstić information content (AvgIpc) is 2.08. The van der Waals surface area contributed by atoms with Gasteiger partial charge in [0, 0.05) is 0 Å². The number of hydrogen-bond donors (Lipinski definition) is 1. The van der Waals surface area contributed by atoms with Crippen LogP contribution in [0.5, 0.6) is 0 Å². The maximum absolute atomic E-state index is 12.9. The van der Waals surface area contributed by atoms with Crippen molar-refractivity contribution in [2.24, 2.45) is 0 Å². The second-order valence-electron chi connectivity index (χ2n) is 2.57. The normalized spacial score (nSPS) is 10.2. The van der Waals surface area contributed by atoms with Crippen molar-refractivity contribution in [2.45, 2.75) is 6.42 Å². The molecule has 0 bridgehead atoms. The van der Waals surface area contributed by atoms with Gasteiger partial charge in [0.25, 0.3) is 0 Å².